The summed E-state index contributed by atoms with van der Waals surface area (Å²) in [5.74, 6) is -1.29. The molecular weight excluding hydrogens is 274 g/mol. The van der Waals surface area contributed by atoms with Crippen LogP contribution in [0.25, 0.3) is 0 Å². The molecular formula is C15H15NO3S. The van der Waals surface area contributed by atoms with Gasteiger partial charge in [0.2, 0.25) is 5.91 Å². The lowest BCUT2D eigenvalue weighted by molar-refractivity contribution is -0.141. The third-order valence-electron chi connectivity index (χ3n) is 2.83. The first kappa shape index (κ1) is 14.3. The standard InChI is InChI=1S/C15H15NO3S/c17-14(10-12-7-4-8-20-12)16-13(15(18)19)9-11-5-2-1-3-6-11/h1-8,13H,9-10H2,(H,16,17)(H,18,19)/t13-/m1/s1. The first-order valence-corrected chi connectivity index (χ1v) is 7.11. The maximum atomic E-state index is 11.8. The molecule has 1 aromatic carbocycles. The number of hydrogen-bond donors (Lipinski definition) is 2. The zero-order valence-electron chi connectivity index (χ0n) is 10.8. The predicted molar refractivity (Wildman–Crippen MR) is 77.7 cm³/mol. The molecule has 20 heavy (non-hydrogen) atoms. The van der Waals surface area contributed by atoms with Crippen LogP contribution in [0.2, 0.25) is 0 Å². The maximum absolute atomic E-state index is 11.8. The molecule has 4 nitrogen and oxygen atoms in total. The number of amides is 1. The van der Waals surface area contributed by atoms with E-state index in [2.05, 4.69) is 5.32 Å². The van der Waals surface area contributed by atoms with Gasteiger partial charge < -0.3 is 10.4 Å². The van der Waals surface area contributed by atoms with Crippen molar-refractivity contribution >= 4 is 23.2 Å². The molecule has 2 aromatic rings. The fourth-order valence-corrected chi connectivity index (χ4v) is 2.57. The summed E-state index contributed by atoms with van der Waals surface area (Å²) in [5.41, 5.74) is 0.885. The van der Waals surface area contributed by atoms with Crippen LogP contribution < -0.4 is 5.32 Å². The molecule has 0 spiro atoms. The fourth-order valence-electron chi connectivity index (χ4n) is 1.87. The highest BCUT2D eigenvalue weighted by Crippen LogP contribution is 2.09. The van der Waals surface area contributed by atoms with E-state index in [9.17, 15) is 14.7 Å². The SMILES string of the molecule is O=C(Cc1cccs1)N[C@H](Cc1ccccc1)C(=O)O. The van der Waals surface area contributed by atoms with Crippen molar-refractivity contribution in [2.45, 2.75) is 18.9 Å². The highest BCUT2D eigenvalue weighted by molar-refractivity contribution is 7.10. The average molecular weight is 289 g/mol. The lowest BCUT2D eigenvalue weighted by Gasteiger charge is -2.14. The van der Waals surface area contributed by atoms with Gasteiger partial charge >= 0.3 is 5.97 Å². The van der Waals surface area contributed by atoms with Crippen LogP contribution >= 0.6 is 11.3 Å². The number of rotatable bonds is 6. The van der Waals surface area contributed by atoms with E-state index in [0.29, 0.717) is 0 Å². The smallest absolute Gasteiger partial charge is 0.326 e. The Kier molecular flexibility index (Phi) is 4.90. The number of aliphatic carboxylic acids is 1. The van der Waals surface area contributed by atoms with Crippen LogP contribution in [0.1, 0.15) is 10.4 Å². The van der Waals surface area contributed by atoms with Crippen LogP contribution in [0.4, 0.5) is 0 Å². The van der Waals surface area contributed by atoms with Crippen molar-refractivity contribution in [2.24, 2.45) is 0 Å². The molecule has 0 bridgehead atoms. The number of carboxylic acids is 1. The lowest BCUT2D eigenvalue weighted by Crippen LogP contribution is -2.42. The summed E-state index contributed by atoms with van der Waals surface area (Å²) in [7, 11) is 0. The number of carbonyl (C=O) groups excluding carboxylic acids is 1. The first-order chi connectivity index (χ1) is 9.65. The van der Waals surface area contributed by atoms with Crippen LogP contribution in [-0.2, 0) is 22.4 Å². The van der Waals surface area contributed by atoms with Gasteiger partial charge in [-0.1, -0.05) is 36.4 Å². The lowest BCUT2D eigenvalue weighted by atomic mass is 10.1. The molecule has 104 valence electrons. The molecule has 1 atom stereocenters. The second-order valence-electron chi connectivity index (χ2n) is 4.40. The number of nitrogens with one attached hydrogen (secondary N) is 1. The highest BCUT2D eigenvalue weighted by atomic mass is 32.1. The van der Waals surface area contributed by atoms with Crippen molar-refractivity contribution in [3.63, 3.8) is 0 Å². The maximum Gasteiger partial charge on any atom is 0.326 e. The van der Waals surface area contributed by atoms with Crippen LogP contribution in [0.5, 0.6) is 0 Å². The Balaban J connectivity index is 1.95. The molecule has 0 saturated heterocycles. The van der Waals surface area contributed by atoms with E-state index in [1.165, 1.54) is 11.3 Å². The van der Waals surface area contributed by atoms with Crippen molar-refractivity contribution in [3.05, 3.63) is 58.3 Å². The molecule has 0 radical (unpaired) electrons. The molecule has 0 fully saturated rings. The summed E-state index contributed by atoms with van der Waals surface area (Å²) in [5, 5.41) is 13.7. The van der Waals surface area contributed by atoms with Gasteiger partial charge in [-0.25, -0.2) is 4.79 Å². The van der Waals surface area contributed by atoms with Gasteiger partial charge in [-0.3, -0.25) is 4.79 Å². The van der Waals surface area contributed by atoms with E-state index in [0.717, 1.165) is 10.4 Å². The molecule has 0 aliphatic rings. The Morgan fingerprint density at radius 3 is 2.50 bits per heavy atom. The molecule has 1 heterocycles. The van der Waals surface area contributed by atoms with Crippen LogP contribution in [0, 0.1) is 0 Å². The van der Waals surface area contributed by atoms with E-state index in [-0.39, 0.29) is 18.7 Å². The predicted octanol–water partition coefficient (Wildman–Crippen LogP) is 2.10. The summed E-state index contributed by atoms with van der Waals surface area (Å²) < 4.78 is 0. The van der Waals surface area contributed by atoms with Gasteiger partial charge in [0, 0.05) is 11.3 Å². The summed E-state index contributed by atoms with van der Waals surface area (Å²) in [6, 6.07) is 12.1. The third-order valence-corrected chi connectivity index (χ3v) is 3.71. The molecule has 0 aliphatic carbocycles. The van der Waals surface area contributed by atoms with Crippen LogP contribution in [0.15, 0.2) is 47.8 Å². The van der Waals surface area contributed by atoms with Gasteiger partial charge in [-0.15, -0.1) is 11.3 Å². The van der Waals surface area contributed by atoms with Crippen molar-refractivity contribution in [1.29, 1.82) is 0 Å². The van der Waals surface area contributed by atoms with Gasteiger partial charge in [-0.05, 0) is 17.0 Å². The first-order valence-electron chi connectivity index (χ1n) is 6.23. The fraction of sp³-hybridized carbons (Fsp3) is 0.200. The second kappa shape index (κ2) is 6.86. The molecule has 1 aromatic heterocycles. The molecule has 2 rings (SSSR count). The topological polar surface area (TPSA) is 66.4 Å². The van der Waals surface area contributed by atoms with Gasteiger partial charge in [0.15, 0.2) is 0 Å². The minimum atomic E-state index is -1.02. The van der Waals surface area contributed by atoms with E-state index < -0.39 is 12.0 Å². The Labute approximate surface area is 121 Å². The largest absolute Gasteiger partial charge is 0.480 e. The van der Waals surface area contributed by atoms with E-state index in [4.69, 9.17) is 0 Å². The van der Waals surface area contributed by atoms with Crippen molar-refractivity contribution in [1.82, 2.24) is 5.32 Å². The second-order valence-corrected chi connectivity index (χ2v) is 5.44. The highest BCUT2D eigenvalue weighted by Gasteiger charge is 2.20. The average Bonchev–Trinajstić information content (AvgIpc) is 2.92. The number of carboxylic acid groups (broad SMARTS) is 1. The minimum absolute atomic E-state index is 0.218. The zero-order valence-corrected chi connectivity index (χ0v) is 11.6. The molecule has 2 N–H and O–H groups in total. The zero-order chi connectivity index (χ0) is 14.4. The number of hydrogen-bond acceptors (Lipinski definition) is 3. The number of carbonyl (C=O) groups is 2. The van der Waals surface area contributed by atoms with Crippen molar-refractivity contribution in [3.8, 4) is 0 Å². The van der Waals surface area contributed by atoms with Crippen LogP contribution in [0.3, 0.4) is 0 Å². The Bertz CT molecular complexity index is 566. The summed E-state index contributed by atoms with van der Waals surface area (Å²) in [6.07, 6.45) is 0.503. The third kappa shape index (κ3) is 4.20. The Hall–Kier alpha value is -2.14. The molecule has 0 unspecified atom stereocenters. The van der Waals surface area contributed by atoms with E-state index >= 15 is 0 Å². The summed E-state index contributed by atoms with van der Waals surface area (Å²) in [4.78, 5) is 24.0. The normalized spacial score (nSPS) is 11.8. The molecule has 1 amide bonds. The molecule has 0 aliphatic heterocycles. The monoisotopic (exact) mass is 289 g/mol. The quantitative estimate of drug-likeness (QED) is 0.856. The van der Waals surface area contributed by atoms with Gasteiger partial charge in [0.05, 0.1) is 6.42 Å². The van der Waals surface area contributed by atoms with E-state index in [1.807, 2.05) is 47.8 Å². The van der Waals surface area contributed by atoms with Crippen molar-refractivity contribution in [2.75, 3.05) is 0 Å². The Morgan fingerprint density at radius 1 is 1.15 bits per heavy atom. The van der Waals surface area contributed by atoms with Crippen LogP contribution in [-0.4, -0.2) is 23.0 Å². The Morgan fingerprint density at radius 2 is 1.90 bits per heavy atom. The van der Waals surface area contributed by atoms with Gasteiger partial charge in [0.25, 0.3) is 0 Å². The van der Waals surface area contributed by atoms with E-state index in [1.54, 1.807) is 0 Å². The van der Waals surface area contributed by atoms with Crippen molar-refractivity contribution < 1.29 is 14.7 Å². The summed E-state index contributed by atoms with van der Waals surface area (Å²) in [6.45, 7) is 0. The number of thiophene rings is 1. The number of benzene rings is 1. The van der Waals surface area contributed by atoms with Gasteiger partial charge in [-0.2, -0.15) is 0 Å². The minimum Gasteiger partial charge on any atom is -0.480 e. The van der Waals surface area contributed by atoms with Gasteiger partial charge in [0.1, 0.15) is 6.04 Å². The molecule has 0 saturated carbocycles. The summed E-state index contributed by atoms with van der Waals surface area (Å²) >= 11 is 1.48. The molecule has 5 heteroatoms.